The lowest BCUT2D eigenvalue weighted by atomic mass is 9.95. The first kappa shape index (κ1) is 14.7. The van der Waals surface area contributed by atoms with Crippen LogP contribution in [-0.4, -0.2) is 10.6 Å². The molecule has 1 aromatic heterocycles. The molecule has 24 heavy (non-hydrogen) atoms. The number of oxazole rings is 1. The van der Waals surface area contributed by atoms with Crippen molar-refractivity contribution in [2.24, 2.45) is 18.2 Å². The van der Waals surface area contributed by atoms with Crippen LogP contribution in [0.2, 0.25) is 0 Å². The Hall–Kier alpha value is -2.84. The molecule has 5 nitrogen and oxygen atoms in total. The second kappa shape index (κ2) is 5.08. The lowest BCUT2D eigenvalue weighted by Gasteiger charge is -2.08. The molecule has 1 saturated carbocycles. The second-order valence-electron chi connectivity index (χ2n) is 6.56. The van der Waals surface area contributed by atoms with E-state index in [-0.39, 0.29) is 17.2 Å². The Labute approximate surface area is 138 Å². The summed E-state index contributed by atoms with van der Waals surface area (Å²) >= 11 is 0. The van der Waals surface area contributed by atoms with E-state index in [4.69, 9.17) is 10.2 Å². The van der Waals surface area contributed by atoms with Crippen LogP contribution in [0.5, 0.6) is 0 Å². The molecule has 0 amide bonds. The fraction of sp³-hybridized carbons (Fsp3) is 0.263. The van der Waals surface area contributed by atoms with Crippen LogP contribution >= 0.6 is 0 Å². The molecule has 0 radical (unpaired) electrons. The van der Waals surface area contributed by atoms with E-state index in [2.05, 4.69) is 6.07 Å². The van der Waals surface area contributed by atoms with Crippen LogP contribution in [-0.2, 0) is 13.5 Å². The van der Waals surface area contributed by atoms with Crippen molar-refractivity contribution < 1.29 is 4.42 Å². The maximum Gasteiger partial charge on any atom is 0.419 e. The van der Waals surface area contributed by atoms with Gasteiger partial charge in [0.2, 0.25) is 0 Å². The maximum absolute atomic E-state index is 11.6. The molecule has 2 N–H and O–H groups in total. The summed E-state index contributed by atoms with van der Waals surface area (Å²) in [6.07, 6.45) is 1.47. The Balaban J connectivity index is 1.64. The minimum Gasteiger partial charge on any atom is -0.408 e. The number of aryl methyl sites for hydroxylation is 1. The molecule has 2 atom stereocenters. The lowest BCUT2D eigenvalue weighted by molar-refractivity contribution is 0.528. The van der Waals surface area contributed by atoms with Gasteiger partial charge in [-0.25, -0.2) is 4.79 Å². The van der Waals surface area contributed by atoms with Gasteiger partial charge in [0.1, 0.15) is 0 Å². The van der Waals surface area contributed by atoms with Gasteiger partial charge in [0.25, 0.3) is 0 Å². The van der Waals surface area contributed by atoms with E-state index in [0.717, 1.165) is 28.6 Å². The van der Waals surface area contributed by atoms with Crippen molar-refractivity contribution in [2.75, 3.05) is 0 Å². The Morgan fingerprint density at radius 2 is 1.96 bits per heavy atom. The average Bonchev–Trinajstić information content (AvgIpc) is 3.15. The molecular formula is C19H17N3O2. The van der Waals surface area contributed by atoms with Gasteiger partial charge in [-0.05, 0) is 41.7 Å². The van der Waals surface area contributed by atoms with Crippen LogP contribution < -0.4 is 11.5 Å². The van der Waals surface area contributed by atoms with Gasteiger partial charge in [0.15, 0.2) is 5.58 Å². The van der Waals surface area contributed by atoms with Crippen LogP contribution in [0.15, 0.2) is 51.7 Å². The summed E-state index contributed by atoms with van der Waals surface area (Å²) in [6, 6.07) is 16.2. The first-order valence-electron chi connectivity index (χ1n) is 7.88. The van der Waals surface area contributed by atoms with Crippen molar-refractivity contribution in [1.29, 1.82) is 5.26 Å². The molecule has 1 heterocycles. The van der Waals surface area contributed by atoms with Crippen molar-refractivity contribution in [3.8, 4) is 17.2 Å². The van der Waals surface area contributed by atoms with Crippen LogP contribution in [0.4, 0.5) is 0 Å². The molecule has 0 bridgehead atoms. The standard InChI is InChI=1S/C19H17N3O2/c1-22-15-8-14(6-7-16(15)24-18(22)23)13-4-2-12(3-5-13)9-19(11-20)10-17(19)21/h2-8,17H,9-10,21H2,1H3/t17?,19-/m0/s1. The van der Waals surface area contributed by atoms with E-state index in [0.29, 0.717) is 12.0 Å². The van der Waals surface area contributed by atoms with E-state index >= 15 is 0 Å². The fourth-order valence-electron chi connectivity index (χ4n) is 3.19. The number of nitriles is 1. The third kappa shape index (κ3) is 2.24. The quantitative estimate of drug-likeness (QED) is 0.804. The SMILES string of the molecule is Cn1c(=O)oc2ccc(-c3ccc(C[C@@]4(C#N)CC4N)cc3)cc21. The van der Waals surface area contributed by atoms with Crippen molar-refractivity contribution in [3.05, 3.63) is 58.6 Å². The molecule has 1 aliphatic rings. The number of nitrogens with zero attached hydrogens (tertiary/aromatic N) is 2. The zero-order valence-electron chi connectivity index (χ0n) is 13.3. The molecule has 1 aliphatic carbocycles. The summed E-state index contributed by atoms with van der Waals surface area (Å²) in [5.74, 6) is -0.361. The van der Waals surface area contributed by atoms with Crippen molar-refractivity contribution in [3.63, 3.8) is 0 Å². The summed E-state index contributed by atoms with van der Waals surface area (Å²) in [7, 11) is 1.70. The molecule has 2 aromatic carbocycles. The van der Waals surface area contributed by atoms with E-state index in [9.17, 15) is 10.1 Å². The molecule has 4 rings (SSSR count). The topological polar surface area (TPSA) is 85.0 Å². The molecule has 120 valence electrons. The Morgan fingerprint density at radius 1 is 1.29 bits per heavy atom. The van der Waals surface area contributed by atoms with Crippen LogP contribution in [0.1, 0.15) is 12.0 Å². The summed E-state index contributed by atoms with van der Waals surface area (Å²) in [6.45, 7) is 0. The normalized spacial score (nSPS) is 22.5. The second-order valence-corrected chi connectivity index (χ2v) is 6.56. The molecule has 3 aromatic rings. The Kier molecular flexibility index (Phi) is 3.12. The van der Waals surface area contributed by atoms with E-state index < -0.39 is 0 Å². The minimum atomic E-state index is -0.379. The van der Waals surface area contributed by atoms with E-state index in [1.165, 1.54) is 4.57 Å². The number of benzene rings is 2. The molecule has 1 unspecified atom stereocenters. The van der Waals surface area contributed by atoms with E-state index in [1.807, 2.05) is 42.5 Å². The number of hydrogen-bond donors (Lipinski definition) is 1. The number of aromatic nitrogens is 1. The van der Waals surface area contributed by atoms with Crippen LogP contribution in [0.25, 0.3) is 22.2 Å². The Bertz CT molecular complexity index is 1020. The Morgan fingerprint density at radius 3 is 2.58 bits per heavy atom. The first-order chi connectivity index (χ1) is 11.5. The minimum absolute atomic E-state index is 0.00744. The van der Waals surface area contributed by atoms with E-state index in [1.54, 1.807) is 7.05 Å². The zero-order chi connectivity index (χ0) is 16.9. The van der Waals surface area contributed by atoms with Gasteiger partial charge in [-0.3, -0.25) is 4.57 Å². The number of hydrogen-bond acceptors (Lipinski definition) is 4. The van der Waals surface area contributed by atoms with Crippen molar-refractivity contribution in [2.45, 2.75) is 18.9 Å². The van der Waals surface area contributed by atoms with Crippen LogP contribution in [0.3, 0.4) is 0 Å². The summed E-state index contributed by atoms with van der Waals surface area (Å²) in [5.41, 5.74) is 10.1. The predicted octanol–water partition coefficient (Wildman–Crippen LogP) is 2.58. The highest BCUT2D eigenvalue weighted by Gasteiger charge is 2.52. The first-order valence-corrected chi connectivity index (χ1v) is 7.88. The maximum atomic E-state index is 11.6. The monoisotopic (exact) mass is 319 g/mol. The number of nitrogens with two attached hydrogens (primary N) is 1. The molecule has 0 saturated heterocycles. The summed E-state index contributed by atoms with van der Waals surface area (Å²) < 4.78 is 6.66. The number of fused-ring (bicyclic) bond motifs is 1. The lowest BCUT2D eigenvalue weighted by Crippen LogP contribution is -2.14. The van der Waals surface area contributed by atoms with Gasteiger partial charge in [0.05, 0.1) is 17.0 Å². The highest BCUT2D eigenvalue weighted by atomic mass is 16.4. The van der Waals surface area contributed by atoms with Gasteiger partial charge in [-0.1, -0.05) is 30.3 Å². The van der Waals surface area contributed by atoms with Gasteiger partial charge < -0.3 is 10.2 Å². The van der Waals surface area contributed by atoms with Gasteiger partial charge in [-0.15, -0.1) is 0 Å². The molecule has 1 fully saturated rings. The molecule has 0 spiro atoms. The highest BCUT2D eigenvalue weighted by Crippen LogP contribution is 2.46. The number of rotatable bonds is 3. The smallest absolute Gasteiger partial charge is 0.408 e. The fourth-order valence-corrected chi connectivity index (χ4v) is 3.19. The van der Waals surface area contributed by atoms with Gasteiger partial charge >= 0.3 is 5.76 Å². The molecular weight excluding hydrogens is 302 g/mol. The molecule has 0 aliphatic heterocycles. The average molecular weight is 319 g/mol. The predicted molar refractivity (Wildman–Crippen MR) is 91.2 cm³/mol. The van der Waals surface area contributed by atoms with Crippen LogP contribution in [0, 0.1) is 16.7 Å². The largest absolute Gasteiger partial charge is 0.419 e. The third-order valence-electron chi connectivity index (χ3n) is 4.95. The molecule has 5 heteroatoms. The van der Waals surface area contributed by atoms with Gasteiger partial charge in [0, 0.05) is 13.1 Å². The van der Waals surface area contributed by atoms with Crippen molar-refractivity contribution >= 4 is 11.1 Å². The van der Waals surface area contributed by atoms with Crippen molar-refractivity contribution in [1.82, 2.24) is 4.57 Å². The summed E-state index contributed by atoms with van der Waals surface area (Å²) in [5, 5.41) is 9.28. The third-order valence-corrected chi connectivity index (χ3v) is 4.95. The highest BCUT2D eigenvalue weighted by molar-refractivity contribution is 5.80. The van der Waals surface area contributed by atoms with Gasteiger partial charge in [-0.2, -0.15) is 5.26 Å². The zero-order valence-corrected chi connectivity index (χ0v) is 13.3. The summed E-state index contributed by atoms with van der Waals surface area (Å²) in [4.78, 5) is 11.6.